The summed E-state index contributed by atoms with van der Waals surface area (Å²) in [5, 5.41) is 17.6. The quantitative estimate of drug-likeness (QED) is 0.329. The zero-order valence-electron chi connectivity index (χ0n) is 16.6. The van der Waals surface area contributed by atoms with Crippen LogP contribution in [0.25, 0.3) is 0 Å². The van der Waals surface area contributed by atoms with Crippen molar-refractivity contribution < 1.29 is 5.11 Å². The van der Waals surface area contributed by atoms with E-state index in [1.54, 1.807) is 5.56 Å². The van der Waals surface area contributed by atoms with Gasteiger partial charge in [-0.2, -0.15) is 0 Å². The molecule has 1 fully saturated rings. The molecule has 4 atom stereocenters. The second-order valence-electron chi connectivity index (χ2n) is 7.97. The van der Waals surface area contributed by atoms with E-state index >= 15 is 0 Å². The Morgan fingerprint density at radius 3 is 2.57 bits per heavy atom. The minimum absolute atomic E-state index is 0. The minimum Gasteiger partial charge on any atom is -0.384 e. The molecule has 0 saturated heterocycles. The molecule has 0 radical (unpaired) electrons. The van der Waals surface area contributed by atoms with Crippen molar-refractivity contribution in [1.29, 1.82) is 0 Å². The van der Waals surface area contributed by atoms with Gasteiger partial charge in [-0.1, -0.05) is 54.6 Å². The van der Waals surface area contributed by atoms with Gasteiger partial charge in [-0.05, 0) is 54.7 Å². The molecule has 28 heavy (non-hydrogen) atoms. The Bertz CT molecular complexity index is 822. The Hall–Kier alpha value is -1.60. The molecule has 4 rings (SSSR count). The fourth-order valence-electron chi connectivity index (χ4n) is 4.44. The van der Waals surface area contributed by atoms with Crippen molar-refractivity contribution in [2.45, 2.75) is 31.8 Å². The molecule has 0 heterocycles. The monoisotopic (exact) mass is 491 g/mol. The Balaban J connectivity index is 0.00000225. The molecule has 0 aliphatic heterocycles. The summed E-state index contributed by atoms with van der Waals surface area (Å²) in [6.45, 7) is 5.95. The molecule has 2 aromatic rings. The van der Waals surface area contributed by atoms with Crippen LogP contribution in [0.1, 0.15) is 36.5 Å². The fourth-order valence-corrected chi connectivity index (χ4v) is 4.44. The summed E-state index contributed by atoms with van der Waals surface area (Å²) in [6, 6.07) is 18.6. The number of nitrogens with one attached hydrogen (secondary N) is 2. The first-order valence-corrected chi connectivity index (χ1v) is 9.98. The number of hydrogen-bond donors (Lipinski definition) is 3. The van der Waals surface area contributed by atoms with Gasteiger partial charge in [0.15, 0.2) is 5.96 Å². The summed E-state index contributed by atoms with van der Waals surface area (Å²) < 4.78 is 0. The van der Waals surface area contributed by atoms with Crippen LogP contribution in [-0.4, -0.2) is 30.7 Å². The van der Waals surface area contributed by atoms with Crippen LogP contribution in [0.2, 0.25) is 0 Å². The molecule has 3 N–H and O–H groups in total. The molecular formula is C23H30IN3O. The Kier molecular flexibility index (Phi) is 6.65. The maximum atomic E-state index is 10.8. The van der Waals surface area contributed by atoms with E-state index in [1.165, 1.54) is 12.0 Å². The SMILES string of the molecule is CCNC(=NCC(C)(O)c1ccccc1)NCC1C2Cc3ccccc3C12.I. The summed E-state index contributed by atoms with van der Waals surface area (Å²) in [4.78, 5) is 4.64. The average molecular weight is 491 g/mol. The number of fused-ring (bicyclic) bond motifs is 3. The third-order valence-corrected chi connectivity index (χ3v) is 5.99. The molecule has 0 amide bonds. The zero-order chi connectivity index (χ0) is 18.9. The van der Waals surface area contributed by atoms with Crippen LogP contribution >= 0.6 is 24.0 Å². The standard InChI is InChI=1S/C23H29N3O.HI/c1-3-24-22(26-15-23(2,27)17-10-5-4-6-11-17)25-14-20-19-13-16-9-7-8-12-18(16)21(19)20;/h4-12,19-21,27H,3,13-15H2,1-2H3,(H2,24,25,26);1H. The van der Waals surface area contributed by atoms with E-state index in [4.69, 9.17) is 0 Å². The largest absolute Gasteiger partial charge is 0.384 e. The Morgan fingerprint density at radius 1 is 1.11 bits per heavy atom. The molecule has 150 valence electrons. The molecule has 5 heteroatoms. The van der Waals surface area contributed by atoms with E-state index in [-0.39, 0.29) is 24.0 Å². The number of halogens is 1. The van der Waals surface area contributed by atoms with Crippen LogP contribution < -0.4 is 10.6 Å². The van der Waals surface area contributed by atoms with Gasteiger partial charge >= 0.3 is 0 Å². The van der Waals surface area contributed by atoms with Crippen LogP contribution in [0.3, 0.4) is 0 Å². The maximum absolute atomic E-state index is 10.8. The molecule has 4 unspecified atom stereocenters. The molecule has 2 aromatic carbocycles. The molecule has 0 aromatic heterocycles. The molecular weight excluding hydrogens is 461 g/mol. The number of benzene rings is 2. The highest BCUT2D eigenvalue weighted by molar-refractivity contribution is 14.0. The number of hydrogen-bond acceptors (Lipinski definition) is 2. The normalized spacial score (nSPS) is 24.4. The maximum Gasteiger partial charge on any atom is 0.191 e. The van der Waals surface area contributed by atoms with Crippen molar-refractivity contribution in [2.24, 2.45) is 16.8 Å². The predicted molar refractivity (Wildman–Crippen MR) is 125 cm³/mol. The number of guanidine groups is 1. The number of aliphatic imine (C=N–C) groups is 1. The molecule has 2 aliphatic rings. The van der Waals surface area contributed by atoms with Gasteiger partial charge in [-0.15, -0.1) is 24.0 Å². The summed E-state index contributed by atoms with van der Waals surface area (Å²) in [6.07, 6.45) is 1.21. The third kappa shape index (κ3) is 4.35. The van der Waals surface area contributed by atoms with E-state index in [0.29, 0.717) is 18.4 Å². The zero-order valence-corrected chi connectivity index (χ0v) is 18.9. The topological polar surface area (TPSA) is 56.7 Å². The lowest BCUT2D eigenvalue weighted by molar-refractivity contribution is 0.0672. The van der Waals surface area contributed by atoms with Crippen molar-refractivity contribution in [2.75, 3.05) is 19.6 Å². The predicted octanol–water partition coefficient (Wildman–Crippen LogP) is 3.65. The summed E-state index contributed by atoms with van der Waals surface area (Å²) >= 11 is 0. The van der Waals surface area contributed by atoms with Crippen LogP contribution in [0.15, 0.2) is 59.6 Å². The highest BCUT2D eigenvalue weighted by Crippen LogP contribution is 2.60. The van der Waals surface area contributed by atoms with Crippen LogP contribution in [0.4, 0.5) is 0 Å². The molecule has 2 aliphatic carbocycles. The molecule has 1 saturated carbocycles. The van der Waals surface area contributed by atoms with E-state index in [9.17, 15) is 5.11 Å². The number of aliphatic hydroxyl groups is 1. The van der Waals surface area contributed by atoms with Gasteiger partial charge in [0, 0.05) is 13.1 Å². The Morgan fingerprint density at radius 2 is 1.82 bits per heavy atom. The highest BCUT2D eigenvalue weighted by atomic mass is 127. The lowest BCUT2D eigenvalue weighted by Gasteiger charge is -2.22. The van der Waals surface area contributed by atoms with Gasteiger partial charge in [0.2, 0.25) is 0 Å². The van der Waals surface area contributed by atoms with Crippen molar-refractivity contribution in [3.63, 3.8) is 0 Å². The van der Waals surface area contributed by atoms with Gasteiger partial charge in [-0.25, -0.2) is 4.99 Å². The van der Waals surface area contributed by atoms with E-state index < -0.39 is 5.60 Å². The van der Waals surface area contributed by atoms with Gasteiger partial charge in [0.25, 0.3) is 0 Å². The first-order chi connectivity index (χ1) is 13.1. The first-order valence-electron chi connectivity index (χ1n) is 9.98. The lowest BCUT2D eigenvalue weighted by atomic mass is 9.96. The lowest BCUT2D eigenvalue weighted by Crippen LogP contribution is -2.40. The highest BCUT2D eigenvalue weighted by Gasteiger charge is 2.54. The average Bonchev–Trinajstić information content (AvgIpc) is 3.22. The smallest absolute Gasteiger partial charge is 0.191 e. The van der Waals surface area contributed by atoms with Crippen molar-refractivity contribution >= 4 is 29.9 Å². The molecule has 0 spiro atoms. The Labute approximate surface area is 184 Å². The van der Waals surface area contributed by atoms with E-state index in [2.05, 4.69) is 46.8 Å². The van der Waals surface area contributed by atoms with Crippen molar-refractivity contribution in [1.82, 2.24) is 10.6 Å². The molecule has 0 bridgehead atoms. The van der Waals surface area contributed by atoms with Crippen LogP contribution in [0, 0.1) is 11.8 Å². The van der Waals surface area contributed by atoms with Gasteiger partial charge < -0.3 is 15.7 Å². The van der Waals surface area contributed by atoms with Gasteiger partial charge in [-0.3, -0.25) is 0 Å². The van der Waals surface area contributed by atoms with E-state index in [0.717, 1.165) is 30.5 Å². The van der Waals surface area contributed by atoms with Crippen molar-refractivity contribution in [3.8, 4) is 0 Å². The summed E-state index contributed by atoms with van der Waals surface area (Å²) in [5.74, 6) is 2.97. The van der Waals surface area contributed by atoms with E-state index in [1.807, 2.05) is 37.3 Å². The first kappa shape index (κ1) is 21.1. The number of nitrogens with zero attached hydrogens (tertiary/aromatic N) is 1. The summed E-state index contributed by atoms with van der Waals surface area (Å²) in [7, 11) is 0. The number of rotatable bonds is 6. The van der Waals surface area contributed by atoms with Gasteiger partial charge in [0.1, 0.15) is 5.60 Å². The second-order valence-corrected chi connectivity index (χ2v) is 7.97. The van der Waals surface area contributed by atoms with Crippen LogP contribution in [-0.2, 0) is 12.0 Å². The fraction of sp³-hybridized carbons (Fsp3) is 0.435. The summed E-state index contributed by atoms with van der Waals surface area (Å²) in [5.41, 5.74) is 2.99. The van der Waals surface area contributed by atoms with Crippen molar-refractivity contribution in [3.05, 3.63) is 71.3 Å². The molecule has 4 nitrogen and oxygen atoms in total. The van der Waals surface area contributed by atoms with Crippen LogP contribution in [0.5, 0.6) is 0 Å². The third-order valence-electron chi connectivity index (χ3n) is 5.99. The second kappa shape index (κ2) is 8.82. The minimum atomic E-state index is -0.974. The van der Waals surface area contributed by atoms with Gasteiger partial charge in [0.05, 0.1) is 6.54 Å².